The Morgan fingerprint density at radius 2 is 1.40 bits per heavy atom. The summed E-state index contributed by atoms with van der Waals surface area (Å²) in [6, 6.07) is 10.7. The topological polar surface area (TPSA) is 360 Å². The number of fused-ring (bicyclic) bond motifs is 2. The highest BCUT2D eigenvalue weighted by atomic mass is 32.2. The van der Waals surface area contributed by atoms with E-state index in [9.17, 15) is 75.9 Å². The first-order valence-corrected chi connectivity index (χ1v) is 29.8. The smallest absolute Gasteiger partial charge is 0.374 e. The number of nitrogens with one attached hydrogen (secondary N) is 2. The fourth-order valence-electron chi connectivity index (χ4n) is 9.09. The molecular formula is C47H58N5O19S4+. The summed E-state index contributed by atoms with van der Waals surface area (Å²) in [5, 5.41) is 5.69. The Labute approximate surface area is 433 Å². The van der Waals surface area contributed by atoms with Crippen molar-refractivity contribution >= 4 is 92.9 Å². The number of oxazole rings is 1. The zero-order valence-corrected chi connectivity index (χ0v) is 44.1. The van der Waals surface area contributed by atoms with Gasteiger partial charge in [0.15, 0.2) is 6.54 Å². The predicted molar refractivity (Wildman–Crippen MR) is 268 cm³/mol. The minimum atomic E-state index is -4.68. The Morgan fingerprint density at radius 3 is 2.05 bits per heavy atom. The molecule has 1 aliphatic carbocycles. The molecule has 6 N–H and O–H groups in total. The van der Waals surface area contributed by atoms with Crippen LogP contribution in [-0.4, -0.2) is 123 Å². The molecule has 3 aliphatic rings. The van der Waals surface area contributed by atoms with E-state index in [-0.39, 0.29) is 83.3 Å². The molecule has 4 amide bonds. The molecule has 0 radical (unpaired) electrons. The van der Waals surface area contributed by atoms with E-state index < -0.39 is 110 Å². The second kappa shape index (κ2) is 23.4. The highest BCUT2D eigenvalue weighted by molar-refractivity contribution is 7.86. The average molecular weight is 1130 g/mol. The van der Waals surface area contributed by atoms with Gasteiger partial charge >= 0.3 is 11.9 Å². The van der Waals surface area contributed by atoms with Crippen molar-refractivity contribution in [1.82, 2.24) is 15.7 Å². The third-order valence-corrected chi connectivity index (χ3v) is 15.9. The van der Waals surface area contributed by atoms with E-state index in [0.29, 0.717) is 50.7 Å². The Morgan fingerprint density at radius 1 is 0.760 bits per heavy atom. The van der Waals surface area contributed by atoms with Crippen LogP contribution in [0.2, 0.25) is 0 Å². The quantitative estimate of drug-likeness (QED) is 0.0247. The summed E-state index contributed by atoms with van der Waals surface area (Å²) in [4.78, 5) is 71.6. The number of benzene rings is 2. The number of unbranched alkanes of at least 4 members (excludes halogenated alkanes) is 2. The maximum Gasteiger partial charge on any atom is 0.374 e. The van der Waals surface area contributed by atoms with E-state index in [0.717, 1.165) is 0 Å². The minimum absolute atomic E-state index is 0.0104. The van der Waals surface area contributed by atoms with Crippen molar-refractivity contribution in [1.29, 1.82) is 0 Å². The molecule has 1 saturated heterocycles. The number of rotatable bonds is 24. The molecule has 0 saturated carbocycles. The Kier molecular flexibility index (Phi) is 18.1. The number of aryl methyl sites for hydroxylation is 1. The molecule has 75 heavy (non-hydrogen) atoms. The van der Waals surface area contributed by atoms with Gasteiger partial charge in [0, 0.05) is 68.2 Å². The molecule has 3 heterocycles. The number of aromatic nitrogens is 1. The molecule has 2 aromatic carbocycles. The number of carbonyl (C=O) groups excluding carboxylic acids is 5. The van der Waals surface area contributed by atoms with Crippen LogP contribution in [0.4, 0.5) is 5.69 Å². The Bertz CT molecular complexity index is 3330. The molecule has 408 valence electrons. The number of imide groups is 1. The van der Waals surface area contributed by atoms with E-state index in [1.165, 1.54) is 24.3 Å². The van der Waals surface area contributed by atoms with Crippen LogP contribution in [-0.2, 0) is 81.2 Å². The van der Waals surface area contributed by atoms with E-state index >= 15 is 0 Å². The molecule has 24 nitrogen and oxygen atoms in total. The van der Waals surface area contributed by atoms with Crippen LogP contribution in [0.1, 0.15) is 89.5 Å². The lowest BCUT2D eigenvalue weighted by molar-refractivity contribution is -0.677. The number of amides is 4. The Balaban J connectivity index is 1.39. The second-order valence-electron chi connectivity index (χ2n) is 18.7. The van der Waals surface area contributed by atoms with Gasteiger partial charge in [0.2, 0.25) is 17.4 Å². The second-order valence-corrected chi connectivity index (χ2v) is 24.8. The number of hydrogen-bond donors (Lipinski definition) is 6. The predicted octanol–water partition coefficient (Wildman–Crippen LogP) is 3.14. The number of hydrogen-bond acceptors (Lipinski definition) is 16. The molecule has 0 spiro atoms. The van der Waals surface area contributed by atoms with Gasteiger partial charge in [-0.15, -0.1) is 5.06 Å². The van der Waals surface area contributed by atoms with Crippen LogP contribution in [0.3, 0.4) is 0 Å². The van der Waals surface area contributed by atoms with Gasteiger partial charge in [0.05, 0.1) is 28.2 Å². The van der Waals surface area contributed by atoms with E-state index in [2.05, 4.69) is 10.6 Å². The summed E-state index contributed by atoms with van der Waals surface area (Å²) >= 11 is 0. The zero-order valence-electron chi connectivity index (χ0n) is 40.8. The highest BCUT2D eigenvalue weighted by Gasteiger charge is 2.48. The molecule has 1 aromatic heterocycles. The van der Waals surface area contributed by atoms with Crippen molar-refractivity contribution in [2.75, 3.05) is 41.8 Å². The molecular weight excluding hydrogens is 1070 g/mol. The third kappa shape index (κ3) is 15.3. The summed E-state index contributed by atoms with van der Waals surface area (Å²) in [5.41, 5.74) is -0.117. The summed E-state index contributed by atoms with van der Waals surface area (Å²) in [5.74, 6) is -5.70. The zero-order chi connectivity index (χ0) is 55.1. The fourth-order valence-corrected chi connectivity index (χ4v) is 10.9. The van der Waals surface area contributed by atoms with E-state index in [1.807, 2.05) is 0 Å². The molecule has 2 aliphatic heterocycles. The number of nitrogens with zero attached hydrogens (tertiary/aromatic N) is 3. The largest absolute Gasteiger partial charge is 0.398 e. The van der Waals surface area contributed by atoms with Crippen LogP contribution in [0.5, 0.6) is 0 Å². The van der Waals surface area contributed by atoms with Gasteiger partial charge in [-0.3, -0.25) is 37.4 Å². The summed E-state index contributed by atoms with van der Waals surface area (Å²) < 4.78 is 141. The van der Waals surface area contributed by atoms with Gasteiger partial charge in [-0.2, -0.15) is 38.2 Å². The monoisotopic (exact) mass is 1120 g/mol. The molecule has 0 bridgehead atoms. The van der Waals surface area contributed by atoms with Crippen LogP contribution in [0.25, 0.3) is 17.2 Å². The van der Waals surface area contributed by atoms with Crippen LogP contribution in [0, 0.1) is 5.41 Å². The van der Waals surface area contributed by atoms with Crippen molar-refractivity contribution in [2.24, 2.45) is 5.41 Å². The lowest BCUT2D eigenvalue weighted by atomic mass is 9.70. The van der Waals surface area contributed by atoms with E-state index in [4.69, 9.17) is 9.25 Å². The molecule has 6 rings (SSSR count). The van der Waals surface area contributed by atoms with Crippen molar-refractivity contribution in [3.8, 4) is 0 Å². The molecule has 1 fully saturated rings. The van der Waals surface area contributed by atoms with Crippen LogP contribution >= 0.6 is 0 Å². The van der Waals surface area contributed by atoms with Crippen molar-refractivity contribution < 1.29 is 89.7 Å². The van der Waals surface area contributed by atoms with Gasteiger partial charge in [-0.1, -0.05) is 44.6 Å². The molecule has 1 unspecified atom stereocenters. The van der Waals surface area contributed by atoms with Crippen molar-refractivity contribution in [2.45, 2.75) is 94.9 Å². The first-order chi connectivity index (χ1) is 35.0. The summed E-state index contributed by atoms with van der Waals surface area (Å²) in [6.07, 6.45) is 7.73. The van der Waals surface area contributed by atoms with Gasteiger partial charge < -0.3 is 24.8 Å². The van der Waals surface area contributed by atoms with Gasteiger partial charge in [0.1, 0.15) is 5.41 Å². The van der Waals surface area contributed by atoms with Crippen LogP contribution in [0.15, 0.2) is 92.9 Å². The van der Waals surface area contributed by atoms with Gasteiger partial charge in [-0.25, -0.2) is 4.79 Å². The maximum absolute atomic E-state index is 14.7. The van der Waals surface area contributed by atoms with Crippen molar-refractivity contribution in [3.63, 3.8) is 0 Å². The molecule has 28 heteroatoms. The SMILES string of the molecule is CC1(C)C(=CC=C2C=C(C=Cc3oc4ccccc4[n+]3CCCS(=O)(=O)O)CC(C(=O)NCCCCCC(=O)ON3C(=O)CCC3=O)(C(=O)NCCS(=O)(=O)O)C2)N(CCCS(=O)(=O)O)c2ccc(S(=O)(=O)O)cc21. The molecule has 1 atom stereocenters. The lowest BCUT2D eigenvalue weighted by Gasteiger charge is -2.35. The maximum atomic E-state index is 14.7. The number of anilines is 1. The van der Waals surface area contributed by atoms with Crippen LogP contribution < -0.4 is 20.1 Å². The third-order valence-electron chi connectivity index (χ3n) is 12.7. The fraction of sp³-hybridized carbons (Fsp3) is 0.447. The summed E-state index contributed by atoms with van der Waals surface area (Å²) in [7, 11) is -18.0. The van der Waals surface area contributed by atoms with Crippen molar-refractivity contribution in [3.05, 3.63) is 95.1 Å². The van der Waals surface area contributed by atoms with Gasteiger partial charge in [-0.05, 0) is 85.2 Å². The summed E-state index contributed by atoms with van der Waals surface area (Å²) in [6.45, 7) is 2.91. The van der Waals surface area contributed by atoms with Gasteiger partial charge in [0.25, 0.3) is 57.8 Å². The standard InChI is InChI=1S/C47H57N5O19S4/c1-46(2)35-29-34(75(67,68)69)15-16-36(35)50(23-8-25-72(58,59)60)39(46)17-13-32-28-33(14-20-42-51(24-9-26-73(61,62)63)37-10-5-6-11-38(37)70-42)31-47(30-32,45(57)49-22-27-74(64,65)66)44(56)48-21-7-3-4-12-43(55)71-52-40(53)18-19-41(52)54/h5-6,10-11,13-17,20,28-29H,3-4,7-9,12,18-19,21-27,30-31H2,1-2H3,(H5-,48,49,56,57,58,59,60,61,62,63,64,65,66,67,68,69)/p+1. The lowest BCUT2D eigenvalue weighted by Crippen LogP contribution is -2.53. The normalized spacial score (nSPS) is 19.3. The number of hydroxylamine groups is 2. The number of allylic oxidation sites excluding steroid dienone is 7. The Hall–Kier alpha value is -6.14. The number of carbonyl (C=O) groups is 5. The van der Waals surface area contributed by atoms with E-state index in [1.54, 1.807) is 71.9 Å². The minimum Gasteiger partial charge on any atom is -0.398 e. The number of para-hydroxylation sites is 2. The average Bonchev–Trinajstić information content (AvgIpc) is 3.90. The first kappa shape index (κ1) is 58.1. The first-order valence-electron chi connectivity index (χ1n) is 23.6. The molecule has 3 aromatic rings. The highest BCUT2D eigenvalue weighted by Crippen LogP contribution is 2.49.